The van der Waals surface area contributed by atoms with E-state index in [0.29, 0.717) is 18.8 Å². The molecule has 5 heteroatoms. The summed E-state index contributed by atoms with van der Waals surface area (Å²) >= 11 is 1.42. The lowest BCUT2D eigenvalue weighted by atomic mass is 10.2. The van der Waals surface area contributed by atoms with Gasteiger partial charge in [-0.25, -0.2) is 4.98 Å². The number of nitrogens with zero attached hydrogens (tertiary/aromatic N) is 2. The molecule has 0 radical (unpaired) electrons. The summed E-state index contributed by atoms with van der Waals surface area (Å²) in [6.45, 7) is 4.63. The molecular weight excluding hydrogens is 272 g/mol. The Morgan fingerprint density at radius 1 is 1.45 bits per heavy atom. The predicted octanol–water partition coefficient (Wildman–Crippen LogP) is 2.98. The van der Waals surface area contributed by atoms with E-state index in [1.165, 1.54) is 11.3 Å². The number of hydrogen-bond donors (Lipinski definition) is 0. The topological polar surface area (TPSA) is 42.4 Å². The molecule has 1 aromatic heterocycles. The van der Waals surface area contributed by atoms with Crippen molar-refractivity contribution in [2.75, 3.05) is 13.7 Å². The molecule has 1 aromatic carbocycles. The second-order valence-electron chi connectivity index (χ2n) is 4.28. The molecule has 0 saturated carbocycles. The van der Waals surface area contributed by atoms with Crippen molar-refractivity contribution in [2.24, 2.45) is 0 Å². The SMILES string of the molecule is C=CCOc1ccc(CN(C)C(=O)c2cscn2)cc1. The summed E-state index contributed by atoms with van der Waals surface area (Å²) in [7, 11) is 1.77. The third-order valence-corrected chi connectivity index (χ3v) is 3.30. The van der Waals surface area contributed by atoms with Crippen molar-refractivity contribution < 1.29 is 9.53 Å². The molecule has 20 heavy (non-hydrogen) atoms. The number of carbonyl (C=O) groups excluding carboxylic acids is 1. The molecule has 0 spiro atoms. The first kappa shape index (κ1) is 14.3. The minimum absolute atomic E-state index is 0.0711. The van der Waals surface area contributed by atoms with Crippen LogP contribution in [0.3, 0.4) is 0 Å². The monoisotopic (exact) mass is 288 g/mol. The van der Waals surface area contributed by atoms with Gasteiger partial charge in [-0.1, -0.05) is 24.8 Å². The van der Waals surface area contributed by atoms with Gasteiger partial charge in [0.25, 0.3) is 5.91 Å². The third kappa shape index (κ3) is 3.68. The Morgan fingerprint density at radius 3 is 2.80 bits per heavy atom. The maximum absolute atomic E-state index is 12.1. The number of ether oxygens (including phenoxy) is 1. The van der Waals surface area contributed by atoms with E-state index in [4.69, 9.17) is 4.74 Å². The van der Waals surface area contributed by atoms with Crippen molar-refractivity contribution in [1.82, 2.24) is 9.88 Å². The Kier molecular flexibility index (Phi) is 4.90. The fourth-order valence-corrected chi connectivity index (χ4v) is 2.23. The van der Waals surface area contributed by atoms with Gasteiger partial charge in [-0.3, -0.25) is 4.79 Å². The standard InChI is InChI=1S/C15H16N2O2S/c1-3-8-19-13-6-4-12(5-7-13)9-17(2)15(18)14-10-20-11-16-14/h3-7,10-11H,1,8-9H2,2H3. The number of amides is 1. The molecule has 0 atom stereocenters. The van der Waals surface area contributed by atoms with Gasteiger partial charge in [0.1, 0.15) is 18.1 Å². The Bertz CT molecular complexity index is 564. The van der Waals surface area contributed by atoms with Gasteiger partial charge in [-0.05, 0) is 17.7 Å². The molecule has 0 bridgehead atoms. The highest BCUT2D eigenvalue weighted by Gasteiger charge is 2.13. The molecule has 0 aliphatic heterocycles. The maximum Gasteiger partial charge on any atom is 0.273 e. The minimum atomic E-state index is -0.0711. The second kappa shape index (κ2) is 6.86. The summed E-state index contributed by atoms with van der Waals surface area (Å²) in [4.78, 5) is 17.7. The van der Waals surface area contributed by atoms with Gasteiger partial charge in [0.15, 0.2) is 0 Å². The summed E-state index contributed by atoms with van der Waals surface area (Å²) in [5.41, 5.74) is 3.19. The van der Waals surface area contributed by atoms with Gasteiger partial charge in [-0.2, -0.15) is 0 Å². The number of thiazole rings is 1. The summed E-state index contributed by atoms with van der Waals surface area (Å²) in [5.74, 6) is 0.723. The van der Waals surface area contributed by atoms with E-state index in [1.54, 1.807) is 28.9 Å². The molecule has 0 fully saturated rings. The van der Waals surface area contributed by atoms with Crippen LogP contribution in [0.2, 0.25) is 0 Å². The van der Waals surface area contributed by atoms with Crippen molar-refractivity contribution in [3.05, 3.63) is 59.1 Å². The van der Waals surface area contributed by atoms with E-state index in [1.807, 2.05) is 24.3 Å². The van der Waals surface area contributed by atoms with Crippen molar-refractivity contribution in [2.45, 2.75) is 6.54 Å². The molecular formula is C15H16N2O2S. The number of aromatic nitrogens is 1. The Hall–Kier alpha value is -2.14. The summed E-state index contributed by atoms with van der Waals surface area (Å²) in [5, 5.41) is 1.76. The van der Waals surface area contributed by atoms with Crippen LogP contribution >= 0.6 is 11.3 Å². The first-order valence-electron chi connectivity index (χ1n) is 6.17. The van der Waals surface area contributed by atoms with E-state index in [2.05, 4.69) is 11.6 Å². The Balaban J connectivity index is 1.95. The van der Waals surface area contributed by atoms with Crippen LogP contribution in [-0.2, 0) is 6.54 Å². The van der Waals surface area contributed by atoms with Crippen molar-refractivity contribution in [3.63, 3.8) is 0 Å². The number of hydrogen-bond acceptors (Lipinski definition) is 4. The van der Waals surface area contributed by atoms with E-state index >= 15 is 0 Å². The van der Waals surface area contributed by atoms with Crippen LogP contribution < -0.4 is 4.74 Å². The van der Waals surface area contributed by atoms with Crippen molar-refractivity contribution in [3.8, 4) is 5.75 Å². The van der Waals surface area contributed by atoms with Crippen LogP contribution in [0.1, 0.15) is 16.1 Å². The fourth-order valence-electron chi connectivity index (χ4n) is 1.71. The largest absolute Gasteiger partial charge is 0.490 e. The molecule has 2 rings (SSSR count). The van der Waals surface area contributed by atoms with E-state index in [-0.39, 0.29) is 5.91 Å². The first-order chi connectivity index (χ1) is 9.70. The molecule has 104 valence electrons. The smallest absolute Gasteiger partial charge is 0.273 e. The van der Waals surface area contributed by atoms with Crippen molar-refractivity contribution >= 4 is 17.2 Å². The molecule has 0 saturated heterocycles. The maximum atomic E-state index is 12.1. The second-order valence-corrected chi connectivity index (χ2v) is 5.00. The number of carbonyl (C=O) groups is 1. The van der Waals surface area contributed by atoms with Crippen LogP contribution in [0.15, 0.2) is 47.8 Å². The zero-order valence-electron chi connectivity index (χ0n) is 11.3. The Labute approximate surface area is 122 Å². The van der Waals surface area contributed by atoms with Crippen LogP contribution in [0.4, 0.5) is 0 Å². The molecule has 2 aromatic rings. The fraction of sp³-hybridized carbons (Fsp3) is 0.200. The molecule has 4 nitrogen and oxygen atoms in total. The number of rotatable bonds is 6. The molecule has 0 unspecified atom stereocenters. The highest BCUT2D eigenvalue weighted by atomic mass is 32.1. The van der Waals surface area contributed by atoms with Crippen molar-refractivity contribution in [1.29, 1.82) is 0 Å². The lowest BCUT2D eigenvalue weighted by molar-refractivity contribution is 0.0780. The summed E-state index contributed by atoms with van der Waals surface area (Å²) in [6.07, 6.45) is 1.70. The van der Waals surface area contributed by atoms with E-state index < -0.39 is 0 Å². The van der Waals surface area contributed by atoms with Gasteiger partial charge in [-0.15, -0.1) is 11.3 Å². The normalized spacial score (nSPS) is 10.1. The first-order valence-corrected chi connectivity index (χ1v) is 7.11. The average Bonchev–Trinajstić information content (AvgIpc) is 3.00. The van der Waals surface area contributed by atoms with Gasteiger partial charge >= 0.3 is 0 Å². The third-order valence-electron chi connectivity index (χ3n) is 2.71. The van der Waals surface area contributed by atoms with Crippen LogP contribution in [0, 0.1) is 0 Å². The lowest BCUT2D eigenvalue weighted by Gasteiger charge is -2.16. The summed E-state index contributed by atoms with van der Waals surface area (Å²) in [6, 6.07) is 7.67. The summed E-state index contributed by atoms with van der Waals surface area (Å²) < 4.78 is 5.41. The zero-order chi connectivity index (χ0) is 14.4. The van der Waals surface area contributed by atoms with Crippen LogP contribution in [-0.4, -0.2) is 29.4 Å². The lowest BCUT2D eigenvalue weighted by Crippen LogP contribution is -2.26. The van der Waals surface area contributed by atoms with Gasteiger partial charge in [0, 0.05) is 19.0 Å². The molecule has 0 aliphatic carbocycles. The Morgan fingerprint density at radius 2 is 2.20 bits per heavy atom. The minimum Gasteiger partial charge on any atom is -0.490 e. The molecule has 1 heterocycles. The zero-order valence-corrected chi connectivity index (χ0v) is 12.1. The predicted molar refractivity (Wildman–Crippen MR) is 80.0 cm³/mol. The van der Waals surface area contributed by atoms with Gasteiger partial charge in [0.2, 0.25) is 0 Å². The van der Waals surface area contributed by atoms with Gasteiger partial charge < -0.3 is 9.64 Å². The highest BCUT2D eigenvalue weighted by molar-refractivity contribution is 7.07. The van der Waals surface area contributed by atoms with Crippen LogP contribution in [0.5, 0.6) is 5.75 Å². The average molecular weight is 288 g/mol. The van der Waals surface area contributed by atoms with E-state index in [9.17, 15) is 4.79 Å². The quantitative estimate of drug-likeness (QED) is 0.767. The van der Waals surface area contributed by atoms with Crippen LogP contribution in [0.25, 0.3) is 0 Å². The molecule has 0 aliphatic rings. The molecule has 1 amide bonds. The van der Waals surface area contributed by atoms with Gasteiger partial charge in [0.05, 0.1) is 5.51 Å². The number of benzene rings is 1. The van der Waals surface area contributed by atoms with E-state index in [0.717, 1.165) is 11.3 Å². The highest BCUT2D eigenvalue weighted by Crippen LogP contribution is 2.14. The molecule has 0 N–H and O–H groups in total.